The smallest absolute Gasteiger partial charge is 0.323 e. The summed E-state index contributed by atoms with van der Waals surface area (Å²) in [6.07, 6.45) is 0.191. The number of hydrogen-bond acceptors (Lipinski definition) is 6. The van der Waals surface area contributed by atoms with Gasteiger partial charge in [0, 0.05) is 0 Å². The van der Waals surface area contributed by atoms with E-state index in [2.05, 4.69) is 14.8 Å². The molecule has 0 saturated carbocycles. The van der Waals surface area contributed by atoms with Crippen LogP contribution in [-0.4, -0.2) is 44.1 Å². The maximum absolute atomic E-state index is 11.4. The lowest BCUT2D eigenvalue weighted by Crippen LogP contribution is -2.50. The molecule has 1 amide bonds. The van der Waals surface area contributed by atoms with E-state index < -0.39 is 29.9 Å². The topological polar surface area (TPSA) is 108 Å². The van der Waals surface area contributed by atoms with Gasteiger partial charge in [-0.2, -0.15) is 0 Å². The number of amides is 1. The van der Waals surface area contributed by atoms with Crippen LogP contribution in [0.2, 0.25) is 0 Å². The molecule has 0 aromatic rings. The summed E-state index contributed by atoms with van der Waals surface area (Å²) in [6, 6.07) is -1.63. The first-order valence-electron chi connectivity index (χ1n) is 5.16. The fourth-order valence-electron chi connectivity index (χ4n) is 1.25. The summed E-state index contributed by atoms with van der Waals surface area (Å²) in [5.74, 6) is -1.81. The highest BCUT2D eigenvalue weighted by Crippen LogP contribution is 2.01. The number of rotatable bonds is 7. The van der Waals surface area contributed by atoms with Crippen LogP contribution in [0.1, 0.15) is 19.8 Å². The molecule has 0 aromatic carbocycles. The summed E-state index contributed by atoms with van der Waals surface area (Å²) in [6.45, 7) is 1.73. The zero-order valence-electron chi connectivity index (χ0n) is 10.2. The largest absolute Gasteiger partial charge is 0.469 e. The molecule has 0 spiro atoms. The van der Waals surface area contributed by atoms with Crippen LogP contribution in [0.25, 0.3) is 0 Å². The van der Waals surface area contributed by atoms with E-state index in [0.29, 0.717) is 6.42 Å². The third kappa shape index (κ3) is 5.30. The Hall–Kier alpha value is -1.63. The zero-order valence-corrected chi connectivity index (χ0v) is 10.2. The number of carbonyl (C=O) groups is 3. The van der Waals surface area contributed by atoms with Crippen molar-refractivity contribution in [3.8, 4) is 0 Å². The molecule has 0 radical (unpaired) electrons. The Labute approximate surface area is 99.6 Å². The number of primary amides is 1. The molecular weight excluding hydrogens is 228 g/mol. The summed E-state index contributed by atoms with van der Waals surface area (Å²) in [4.78, 5) is 33.5. The minimum Gasteiger partial charge on any atom is -0.469 e. The Morgan fingerprint density at radius 1 is 1.18 bits per heavy atom. The van der Waals surface area contributed by atoms with Gasteiger partial charge in [-0.25, -0.2) is 0 Å². The lowest BCUT2D eigenvalue weighted by atomic mass is 10.1. The summed E-state index contributed by atoms with van der Waals surface area (Å²) in [5.41, 5.74) is 5.13. The van der Waals surface area contributed by atoms with Crippen LogP contribution < -0.4 is 11.1 Å². The average Bonchev–Trinajstić information content (AvgIpc) is 2.32. The van der Waals surface area contributed by atoms with Gasteiger partial charge in [0.05, 0.1) is 26.7 Å². The van der Waals surface area contributed by atoms with Gasteiger partial charge in [0.25, 0.3) is 0 Å². The Balaban J connectivity index is 4.63. The van der Waals surface area contributed by atoms with Crippen molar-refractivity contribution >= 4 is 17.8 Å². The molecule has 98 valence electrons. The summed E-state index contributed by atoms with van der Waals surface area (Å²) >= 11 is 0. The third-order valence-corrected chi connectivity index (χ3v) is 2.24. The minimum atomic E-state index is -0.940. The maximum atomic E-state index is 11.4. The molecule has 0 aliphatic carbocycles. The average molecular weight is 246 g/mol. The molecule has 0 aliphatic heterocycles. The molecule has 0 aliphatic rings. The van der Waals surface area contributed by atoms with Crippen LogP contribution in [0.5, 0.6) is 0 Å². The maximum Gasteiger partial charge on any atom is 0.323 e. The highest BCUT2D eigenvalue weighted by atomic mass is 16.5. The predicted molar refractivity (Wildman–Crippen MR) is 58.8 cm³/mol. The molecule has 0 bridgehead atoms. The molecule has 7 nitrogen and oxygen atoms in total. The molecule has 2 atom stereocenters. The monoisotopic (exact) mass is 246 g/mol. The van der Waals surface area contributed by atoms with Crippen LogP contribution >= 0.6 is 0 Å². The van der Waals surface area contributed by atoms with Crippen molar-refractivity contribution in [2.24, 2.45) is 5.73 Å². The van der Waals surface area contributed by atoms with Crippen LogP contribution in [0.4, 0.5) is 0 Å². The van der Waals surface area contributed by atoms with E-state index in [1.165, 1.54) is 14.2 Å². The predicted octanol–water partition coefficient (Wildman–Crippen LogP) is -1.06. The first-order valence-corrected chi connectivity index (χ1v) is 5.16. The van der Waals surface area contributed by atoms with Gasteiger partial charge in [0.2, 0.25) is 5.91 Å². The van der Waals surface area contributed by atoms with Crippen molar-refractivity contribution in [1.82, 2.24) is 5.32 Å². The van der Waals surface area contributed by atoms with E-state index in [0.717, 1.165) is 0 Å². The van der Waals surface area contributed by atoms with E-state index in [9.17, 15) is 14.4 Å². The normalized spacial score (nSPS) is 13.6. The molecule has 0 heterocycles. The Morgan fingerprint density at radius 2 is 1.76 bits per heavy atom. The van der Waals surface area contributed by atoms with Crippen LogP contribution in [0, 0.1) is 0 Å². The van der Waals surface area contributed by atoms with Gasteiger partial charge in [-0.1, -0.05) is 6.92 Å². The van der Waals surface area contributed by atoms with Crippen molar-refractivity contribution in [3.63, 3.8) is 0 Å². The van der Waals surface area contributed by atoms with Crippen molar-refractivity contribution < 1.29 is 23.9 Å². The zero-order chi connectivity index (χ0) is 13.4. The van der Waals surface area contributed by atoms with Crippen LogP contribution in [0.3, 0.4) is 0 Å². The summed E-state index contributed by atoms with van der Waals surface area (Å²) in [7, 11) is 2.40. The lowest BCUT2D eigenvalue weighted by Gasteiger charge is -2.20. The second kappa shape index (κ2) is 7.61. The second-order valence-electron chi connectivity index (χ2n) is 3.39. The molecule has 0 aromatic heterocycles. The van der Waals surface area contributed by atoms with Gasteiger partial charge in [-0.15, -0.1) is 0 Å². The fourth-order valence-corrected chi connectivity index (χ4v) is 1.25. The van der Waals surface area contributed by atoms with Crippen LogP contribution in [0.15, 0.2) is 0 Å². The van der Waals surface area contributed by atoms with E-state index in [1.807, 2.05) is 0 Å². The molecule has 0 saturated heterocycles. The highest BCUT2D eigenvalue weighted by molar-refractivity contribution is 5.85. The lowest BCUT2D eigenvalue weighted by molar-refractivity contribution is -0.150. The second-order valence-corrected chi connectivity index (χ2v) is 3.39. The van der Waals surface area contributed by atoms with Crippen molar-refractivity contribution in [1.29, 1.82) is 0 Å². The first-order chi connectivity index (χ1) is 7.96. The Bertz CT molecular complexity index is 292. The summed E-state index contributed by atoms with van der Waals surface area (Å²) < 4.78 is 8.97. The van der Waals surface area contributed by atoms with Gasteiger partial charge in [-0.05, 0) is 6.42 Å². The molecule has 0 rings (SSSR count). The molecule has 0 fully saturated rings. The Kier molecular flexibility index (Phi) is 6.88. The van der Waals surface area contributed by atoms with E-state index >= 15 is 0 Å². The van der Waals surface area contributed by atoms with E-state index in [1.54, 1.807) is 6.92 Å². The molecule has 7 heteroatoms. The third-order valence-electron chi connectivity index (χ3n) is 2.24. The minimum absolute atomic E-state index is 0.215. The highest BCUT2D eigenvalue weighted by Gasteiger charge is 2.27. The van der Waals surface area contributed by atoms with Crippen molar-refractivity contribution in [3.05, 3.63) is 0 Å². The molecule has 3 N–H and O–H groups in total. The number of nitrogens with one attached hydrogen (secondary N) is 1. The first kappa shape index (κ1) is 15.4. The number of hydrogen-bond donors (Lipinski definition) is 2. The number of esters is 2. The quantitative estimate of drug-likeness (QED) is 0.555. The standard InChI is InChI=1S/C10H18N2O5/c1-4-6(9(11)14)12-7(10(15)17-3)5-8(13)16-2/h6-7,12H,4-5H2,1-3H3,(H2,11,14)/t6-,7?/m0/s1. The molecular formula is C10H18N2O5. The van der Waals surface area contributed by atoms with Gasteiger partial charge in [-0.3, -0.25) is 19.7 Å². The van der Waals surface area contributed by atoms with Crippen LogP contribution in [-0.2, 0) is 23.9 Å². The van der Waals surface area contributed by atoms with Gasteiger partial charge in [0.1, 0.15) is 6.04 Å². The molecule has 17 heavy (non-hydrogen) atoms. The number of nitrogens with two attached hydrogens (primary N) is 1. The SMILES string of the molecule is CC[C@H](NC(CC(=O)OC)C(=O)OC)C(N)=O. The van der Waals surface area contributed by atoms with Crippen molar-refractivity contribution in [2.45, 2.75) is 31.8 Å². The van der Waals surface area contributed by atoms with Gasteiger partial charge < -0.3 is 15.2 Å². The van der Waals surface area contributed by atoms with Gasteiger partial charge in [0.15, 0.2) is 0 Å². The molecule has 1 unspecified atom stereocenters. The number of carbonyl (C=O) groups excluding carboxylic acids is 3. The fraction of sp³-hybridized carbons (Fsp3) is 0.700. The number of ether oxygens (including phenoxy) is 2. The number of methoxy groups -OCH3 is 2. The Morgan fingerprint density at radius 3 is 2.12 bits per heavy atom. The van der Waals surface area contributed by atoms with Crippen molar-refractivity contribution in [2.75, 3.05) is 14.2 Å². The van der Waals surface area contributed by atoms with Gasteiger partial charge >= 0.3 is 11.9 Å². The summed E-state index contributed by atoms with van der Waals surface area (Å²) in [5, 5.41) is 2.67. The van der Waals surface area contributed by atoms with E-state index in [4.69, 9.17) is 5.73 Å². The van der Waals surface area contributed by atoms with E-state index in [-0.39, 0.29) is 6.42 Å².